The average molecular weight is 273 g/mol. The van der Waals surface area contributed by atoms with Gasteiger partial charge in [0, 0.05) is 11.7 Å². The second-order valence-corrected chi connectivity index (χ2v) is 7.95. The van der Waals surface area contributed by atoms with Gasteiger partial charge in [0.1, 0.15) is 5.75 Å². The smallest absolute Gasteiger partial charge is 0.118 e. The minimum atomic E-state index is 0.352. The van der Waals surface area contributed by atoms with Crippen LogP contribution in [0.15, 0.2) is 12.1 Å². The third kappa shape index (κ3) is 1.84. The summed E-state index contributed by atoms with van der Waals surface area (Å²) in [4.78, 5) is 0. The van der Waals surface area contributed by atoms with E-state index in [1.807, 2.05) is 13.0 Å². The Labute approximate surface area is 122 Å². The van der Waals surface area contributed by atoms with Gasteiger partial charge in [-0.1, -0.05) is 20.8 Å². The fraction of sp³-hybridized carbons (Fsp3) is 0.667. The van der Waals surface area contributed by atoms with Crippen LogP contribution in [0, 0.1) is 30.6 Å². The lowest BCUT2D eigenvalue weighted by Gasteiger charge is -2.44. The van der Waals surface area contributed by atoms with Gasteiger partial charge in [0.05, 0.1) is 0 Å². The quantitative estimate of drug-likeness (QED) is 0.770. The van der Waals surface area contributed by atoms with Crippen molar-refractivity contribution >= 4 is 5.69 Å². The molecular weight excluding hydrogens is 246 g/mol. The van der Waals surface area contributed by atoms with Gasteiger partial charge in [-0.15, -0.1) is 0 Å². The Balaban J connectivity index is 1.93. The first-order chi connectivity index (χ1) is 9.24. The van der Waals surface area contributed by atoms with Crippen LogP contribution in [-0.2, 0) is 0 Å². The van der Waals surface area contributed by atoms with Crippen LogP contribution in [0.3, 0.4) is 0 Å². The van der Waals surface area contributed by atoms with Gasteiger partial charge in [-0.25, -0.2) is 0 Å². The maximum atomic E-state index is 9.82. The SMILES string of the molecule is Cc1cc(NC2C3(C)CCC(C3)C2(C)C)c(C)cc1O. The summed E-state index contributed by atoms with van der Waals surface area (Å²) in [7, 11) is 0. The highest BCUT2D eigenvalue weighted by molar-refractivity contribution is 5.58. The molecule has 0 amide bonds. The molecule has 3 unspecified atom stereocenters. The summed E-state index contributed by atoms with van der Waals surface area (Å²) >= 11 is 0. The summed E-state index contributed by atoms with van der Waals surface area (Å²) < 4.78 is 0. The molecule has 0 saturated heterocycles. The molecule has 2 fully saturated rings. The fourth-order valence-corrected chi connectivity index (χ4v) is 4.77. The zero-order chi connectivity index (χ0) is 14.7. The molecule has 2 saturated carbocycles. The molecule has 3 atom stereocenters. The number of aryl methyl sites for hydroxylation is 2. The summed E-state index contributed by atoms with van der Waals surface area (Å²) in [6.07, 6.45) is 4.08. The molecule has 2 heteroatoms. The predicted octanol–water partition coefficient (Wildman–Crippen LogP) is 4.64. The monoisotopic (exact) mass is 273 g/mol. The first kappa shape index (κ1) is 13.8. The Hall–Kier alpha value is -1.18. The molecule has 1 aromatic carbocycles. The van der Waals surface area contributed by atoms with E-state index >= 15 is 0 Å². The van der Waals surface area contributed by atoms with Crippen molar-refractivity contribution in [2.24, 2.45) is 16.7 Å². The van der Waals surface area contributed by atoms with Crippen molar-refractivity contribution < 1.29 is 5.11 Å². The zero-order valence-electron chi connectivity index (χ0n) is 13.4. The Kier molecular flexibility index (Phi) is 2.87. The van der Waals surface area contributed by atoms with Crippen LogP contribution in [0.4, 0.5) is 5.69 Å². The van der Waals surface area contributed by atoms with Crippen molar-refractivity contribution in [1.82, 2.24) is 0 Å². The van der Waals surface area contributed by atoms with Crippen LogP contribution >= 0.6 is 0 Å². The number of rotatable bonds is 2. The van der Waals surface area contributed by atoms with E-state index in [0.717, 1.165) is 17.0 Å². The van der Waals surface area contributed by atoms with Crippen LogP contribution in [0.25, 0.3) is 0 Å². The zero-order valence-corrected chi connectivity index (χ0v) is 13.4. The van der Waals surface area contributed by atoms with E-state index in [-0.39, 0.29) is 0 Å². The molecule has 0 spiro atoms. The number of anilines is 1. The summed E-state index contributed by atoms with van der Waals surface area (Å²) in [5, 5.41) is 13.6. The molecule has 0 heterocycles. The van der Waals surface area contributed by atoms with Crippen LogP contribution < -0.4 is 5.32 Å². The molecule has 2 nitrogen and oxygen atoms in total. The Morgan fingerprint density at radius 3 is 2.45 bits per heavy atom. The minimum Gasteiger partial charge on any atom is -0.508 e. The third-order valence-corrected chi connectivity index (χ3v) is 6.11. The van der Waals surface area contributed by atoms with Gasteiger partial charge < -0.3 is 10.4 Å². The number of nitrogens with one attached hydrogen (secondary N) is 1. The van der Waals surface area contributed by atoms with Gasteiger partial charge in [-0.2, -0.15) is 0 Å². The van der Waals surface area contributed by atoms with E-state index in [9.17, 15) is 5.11 Å². The molecule has 2 aliphatic rings. The van der Waals surface area contributed by atoms with Crippen LogP contribution in [0.2, 0.25) is 0 Å². The first-order valence-electron chi connectivity index (χ1n) is 7.81. The normalized spacial score (nSPS) is 34.5. The molecule has 2 bridgehead atoms. The number of fused-ring (bicyclic) bond motifs is 2. The van der Waals surface area contributed by atoms with Gasteiger partial charge in [0.25, 0.3) is 0 Å². The number of hydrogen-bond acceptors (Lipinski definition) is 2. The van der Waals surface area contributed by atoms with Crippen molar-refractivity contribution in [3.63, 3.8) is 0 Å². The molecule has 1 aromatic rings. The molecule has 0 aliphatic heterocycles. The number of aromatic hydroxyl groups is 1. The van der Waals surface area contributed by atoms with E-state index in [0.29, 0.717) is 22.6 Å². The van der Waals surface area contributed by atoms with E-state index in [1.54, 1.807) is 0 Å². The molecule has 110 valence electrons. The summed E-state index contributed by atoms with van der Waals surface area (Å²) in [5.41, 5.74) is 4.05. The molecule has 0 aromatic heterocycles. The lowest BCUT2D eigenvalue weighted by atomic mass is 9.68. The van der Waals surface area contributed by atoms with Crippen molar-refractivity contribution in [2.75, 3.05) is 5.32 Å². The Morgan fingerprint density at radius 1 is 1.15 bits per heavy atom. The number of phenolic OH excluding ortho intramolecular Hbond substituents is 1. The van der Waals surface area contributed by atoms with Crippen molar-refractivity contribution in [2.45, 2.75) is 59.9 Å². The molecule has 20 heavy (non-hydrogen) atoms. The minimum absolute atomic E-state index is 0.352. The van der Waals surface area contributed by atoms with Crippen molar-refractivity contribution in [3.8, 4) is 5.75 Å². The average Bonchev–Trinajstić information content (AvgIpc) is 2.82. The number of phenols is 1. The highest BCUT2D eigenvalue weighted by atomic mass is 16.3. The molecule has 3 rings (SSSR count). The highest BCUT2D eigenvalue weighted by Crippen LogP contribution is 2.63. The van der Waals surface area contributed by atoms with Crippen molar-refractivity contribution in [1.29, 1.82) is 0 Å². The van der Waals surface area contributed by atoms with Crippen LogP contribution in [-0.4, -0.2) is 11.1 Å². The number of benzene rings is 1. The summed E-state index contributed by atoms with van der Waals surface area (Å²) in [5.74, 6) is 1.25. The maximum absolute atomic E-state index is 9.82. The Bertz CT molecular complexity index is 544. The van der Waals surface area contributed by atoms with Crippen LogP contribution in [0.5, 0.6) is 5.75 Å². The topological polar surface area (TPSA) is 32.3 Å². The number of hydrogen-bond donors (Lipinski definition) is 2. The van der Waals surface area contributed by atoms with Gasteiger partial charge in [-0.05, 0) is 73.1 Å². The molecular formula is C18H27NO. The van der Waals surface area contributed by atoms with E-state index in [4.69, 9.17) is 0 Å². The lowest BCUT2D eigenvalue weighted by molar-refractivity contribution is 0.155. The molecule has 0 radical (unpaired) electrons. The molecule has 2 N–H and O–H groups in total. The maximum Gasteiger partial charge on any atom is 0.118 e. The first-order valence-corrected chi connectivity index (χ1v) is 7.81. The Morgan fingerprint density at radius 2 is 1.85 bits per heavy atom. The van der Waals surface area contributed by atoms with Gasteiger partial charge in [0.2, 0.25) is 0 Å². The van der Waals surface area contributed by atoms with Crippen LogP contribution in [0.1, 0.15) is 51.2 Å². The summed E-state index contributed by atoms with van der Waals surface area (Å²) in [6, 6.07) is 4.49. The van der Waals surface area contributed by atoms with Crippen molar-refractivity contribution in [3.05, 3.63) is 23.3 Å². The van der Waals surface area contributed by atoms with E-state index in [2.05, 4.69) is 39.1 Å². The second-order valence-electron chi connectivity index (χ2n) is 7.95. The lowest BCUT2D eigenvalue weighted by Crippen LogP contribution is -2.45. The van der Waals surface area contributed by atoms with E-state index < -0.39 is 0 Å². The van der Waals surface area contributed by atoms with Gasteiger partial charge >= 0.3 is 0 Å². The highest BCUT2D eigenvalue weighted by Gasteiger charge is 2.59. The summed E-state index contributed by atoms with van der Waals surface area (Å²) in [6.45, 7) is 11.3. The largest absolute Gasteiger partial charge is 0.508 e. The van der Waals surface area contributed by atoms with Gasteiger partial charge in [-0.3, -0.25) is 0 Å². The van der Waals surface area contributed by atoms with E-state index in [1.165, 1.54) is 24.9 Å². The standard InChI is InChI=1S/C18H27NO/c1-11-9-15(20)12(2)8-14(11)19-16-17(3,4)13-6-7-18(16,5)10-13/h8-9,13,16,19-20H,6-7,10H2,1-5H3. The third-order valence-electron chi connectivity index (χ3n) is 6.11. The predicted molar refractivity (Wildman–Crippen MR) is 84.2 cm³/mol. The fourth-order valence-electron chi connectivity index (χ4n) is 4.77. The van der Waals surface area contributed by atoms with Gasteiger partial charge in [0.15, 0.2) is 0 Å². The second kappa shape index (κ2) is 4.16. The molecule has 2 aliphatic carbocycles.